The number of para-hydroxylation sites is 2. The first-order valence-corrected chi connectivity index (χ1v) is 16.4. The molecule has 0 fully saturated rings. The van der Waals surface area contributed by atoms with Gasteiger partial charge in [0.25, 0.3) is 0 Å². The minimum absolute atomic E-state index is 0.120. The Morgan fingerprint density at radius 2 is 1.49 bits per heavy atom. The molecule has 1 N–H and O–H groups in total. The molecule has 7 nitrogen and oxygen atoms in total. The van der Waals surface area contributed by atoms with Crippen LogP contribution < -0.4 is 15.0 Å². The molecule has 4 aromatic carbocycles. The quantitative estimate of drug-likeness (QED) is 0.214. The molecule has 0 amide bonds. The van der Waals surface area contributed by atoms with Gasteiger partial charge in [0.2, 0.25) is 5.06 Å². The average molecular weight is 613 g/mol. The summed E-state index contributed by atoms with van der Waals surface area (Å²) in [7, 11) is 0. The zero-order chi connectivity index (χ0) is 28.1. The van der Waals surface area contributed by atoms with Crippen LogP contribution in [0.2, 0.25) is 0 Å². The Hall–Kier alpha value is -4.77. The van der Waals surface area contributed by atoms with E-state index in [4.69, 9.17) is 14.7 Å². The number of hydrogen-bond acceptors (Lipinski definition) is 8. The topological polar surface area (TPSA) is 59.1 Å². The maximum atomic E-state index is 6.34. The first-order chi connectivity index (χ1) is 21.2. The standard InChI is InChI=1S/C33H20N6OS3/c1-2-7-26-23(6-1)35-32-38(26)17-29(42-32)40-30-18-39-28-16-22(9-11-25(28)36-33(39)43-30)20-5-3-4-19(14-20)21-8-10-24-27(15-21)37-12-13-41-31(37)34-24/h1-18,32,35H. The van der Waals surface area contributed by atoms with Crippen LogP contribution in [0.25, 0.3) is 54.2 Å². The molecule has 206 valence electrons. The third kappa shape index (κ3) is 3.67. The predicted molar refractivity (Wildman–Crippen MR) is 178 cm³/mol. The van der Waals surface area contributed by atoms with Gasteiger partial charge in [-0.1, -0.05) is 53.8 Å². The molecule has 0 radical (unpaired) electrons. The predicted octanol–water partition coefficient (Wildman–Crippen LogP) is 8.89. The Balaban J connectivity index is 0.973. The van der Waals surface area contributed by atoms with Gasteiger partial charge in [-0.2, -0.15) is 0 Å². The van der Waals surface area contributed by atoms with Crippen molar-refractivity contribution in [2.45, 2.75) is 5.50 Å². The Bertz CT molecular complexity index is 2430. The molecule has 8 aromatic rings. The maximum Gasteiger partial charge on any atom is 0.201 e. The fourth-order valence-electron chi connectivity index (χ4n) is 6.00. The molecule has 0 spiro atoms. The molecule has 4 aromatic heterocycles. The summed E-state index contributed by atoms with van der Waals surface area (Å²) in [5, 5.41) is 7.31. The summed E-state index contributed by atoms with van der Waals surface area (Å²) < 4.78 is 10.6. The Labute approximate surface area is 257 Å². The van der Waals surface area contributed by atoms with E-state index in [0.717, 1.165) is 59.0 Å². The zero-order valence-corrected chi connectivity index (χ0v) is 24.8. The van der Waals surface area contributed by atoms with Crippen molar-refractivity contribution in [3.63, 3.8) is 0 Å². The second-order valence-corrected chi connectivity index (χ2v) is 13.5. The van der Waals surface area contributed by atoms with E-state index in [1.165, 1.54) is 16.8 Å². The highest BCUT2D eigenvalue weighted by Crippen LogP contribution is 2.46. The Morgan fingerprint density at radius 3 is 2.33 bits per heavy atom. The van der Waals surface area contributed by atoms with Gasteiger partial charge >= 0.3 is 0 Å². The molecule has 43 heavy (non-hydrogen) atoms. The van der Waals surface area contributed by atoms with E-state index < -0.39 is 0 Å². The highest BCUT2D eigenvalue weighted by molar-refractivity contribution is 8.04. The number of thioether (sulfide) groups is 1. The van der Waals surface area contributed by atoms with Gasteiger partial charge in [0.05, 0.1) is 45.8 Å². The number of rotatable bonds is 4. The second kappa shape index (κ2) is 8.87. The van der Waals surface area contributed by atoms with E-state index in [0.29, 0.717) is 0 Å². The first-order valence-electron chi connectivity index (χ1n) is 13.8. The van der Waals surface area contributed by atoms with Crippen LogP contribution in [0.15, 0.2) is 114 Å². The molecule has 1 unspecified atom stereocenters. The summed E-state index contributed by atoms with van der Waals surface area (Å²) in [6.45, 7) is 0. The normalized spacial score (nSPS) is 15.9. The summed E-state index contributed by atoms with van der Waals surface area (Å²) in [5.74, 6) is 0. The van der Waals surface area contributed by atoms with Crippen LogP contribution in [0.3, 0.4) is 0 Å². The lowest BCUT2D eigenvalue weighted by atomic mass is 9.98. The number of benzene rings is 4. The number of imidazole rings is 2. The number of thiazole rings is 2. The number of aromatic nitrogens is 4. The molecule has 10 rings (SSSR count). The molecule has 2 aliphatic rings. The monoisotopic (exact) mass is 612 g/mol. The van der Waals surface area contributed by atoms with E-state index in [2.05, 4.69) is 122 Å². The van der Waals surface area contributed by atoms with Crippen molar-refractivity contribution >= 4 is 77.8 Å². The van der Waals surface area contributed by atoms with Crippen LogP contribution >= 0.6 is 34.4 Å². The van der Waals surface area contributed by atoms with E-state index >= 15 is 0 Å². The Kier molecular flexibility index (Phi) is 4.90. The lowest BCUT2D eigenvalue weighted by Gasteiger charge is -2.13. The number of ether oxygens (including phenoxy) is 1. The van der Waals surface area contributed by atoms with Gasteiger partial charge in [-0.25, -0.2) is 9.97 Å². The molecule has 0 bridgehead atoms. The fraction of sp³-hybridized carbons (Fsp3) is 0.0303. The van der Waals surface area contributed by atoms with E-state index in [-0.39, 0.29) is 5.50 Å². The summed E-state index contributed by atoms with van der Waals surface area (Å²) in [4.78, 5) is 13.8. The van der Waals surface area contributed by atoms with Gasteiger partial charge < -0.3 is 15.0 Å². The summed E-state index contributed by atoms with van der Waals surface area (Å²) in [6, 6.07) is 30.1. The van der Waals surface area contributed by atoms with Crippen molar-refractivity contribution in [1.82, 2.24) is 18.8 Å². The number of fused-ring (bicyclic) bond motifs is 9. The van der Waals surface area contributed by atoms with E-state index in [9.17, 15) is 0 Å². The van der Waals surface area contributed by atoms with Gasteiger partial charge in [0.1, 0.15) is 0 Å². The highest BCUT2D eigenvalue weighted by atomic mass is 32.2. The Morgan fingerprint density at radius 1 is 0.744 bits per heavy atom. The molecule has 2 aliphatic heterocycles. The molecular formula is C33H20N6OS3. The lowest BCUT2D eigenvalue weighted by Crippen LogP contribution is -2.23. The molecule has 10 heteroatoms. The molecule has 0 saturated carbocycles. The maximum absolute atomic E-state index is 6.34. The van der Waals surface area contributed by atoms with Crippen LogP contribution in [0.4, 0.5) is 11.4 Å². The largest absolute Gasteiger partial charge is 0.436 e. The van der Waals surface area contributed by atoms with Crippen molar-refractivity contribution in [3.05, 3.63) is 114 Å². The zero-order valence-electron chi connectivity index (χ0n) is 22.3. The van der Waals surface area contributed by atoms with Gasteiger partial charge in [0.15, 0.2) is 20.5 Å². The average Bonchev–Trinajstić information content (AvgIpc) is 3.86. The van der Waals surface area contributed by atoms with Crippen LogP contribution in [0, 0.1) is 0 Å². The lowest BCUT2D eigenvalue weighted by molar-refractivity contribution is 0.478. The van der Waals surface area contributed by atoms with Crippen molar-refractivity contribution in [3.8, 4) is 27.3 Å². The molecular weight excluding hydrogens is 593 g/mol. The summed E-state index contributed by atoms with van der Waals surface area (Å²) >= 11 is 4.89. The second-order valence-electron chi connectivity index (χ2n) is 10.6. The van der Waals surface area contributed by atoms with Gasteiger partial charge in [-0.05, 0) is 76.5 Å². The van der Waals surface area contributed by atoms with Gasteiger partial charge in [-0.3, -0.25) is 8.80 Å². The molecule has 0 aliphatic carbocycles. The third-order valence-corrected chi connectivity index (χ3v) is 10.6. The minimum atomic E-state index is 0.120. The summed E-state index contributed by atoms with van der Waals surface area (Å²) in [5.41, 5.74) is 11.3. The number of hydrogen-bond donors (Lipinski definition) is 1. The smallest absolute Gasteiger partial charge is 0.201 e. The highest BCUT2D eigenvalue weighted by Gasteiger charge is 2.35. The molecule has 0 saturated heterocycles. The van der Waals surface area contributed by atoms with Crippen molar-refractivity contribution in [2.24, 2.45) is 0 Å². The van der Waals surface area contributed by atoms with Crippen molar-refractivity contribution < 1.29 is 4.74 Å². The van der Waals surface area contributed by atoms with Crippen LogP contribution in [-0.4, -0.2) is 24.3 Å². The van der Waals surface area contributed by atoms with E-state index in [1.54, 1.807) is 34.4 Å². The first kappa shape index (κ1) is 23.8. The van der Waals surface area contributed by atoms with Gasteiger partial charge in [0, 0.05) is 11.6 Å². The van der Waals surface area contributed by atoms with Crippen molar-refractivity contribution in [1.29, 1.82) is 0 Å². The third-order valence-electron chi connectivity index (χ3n) is 8.04. The van der Waals surface area contributed by atoms with E-state index in [1.807, 2.05) is 6.20 Å². The van der Waals surface area contributed by atoms with Crippen LogP contribution in [0.1, 0.15) is 0 Å². The van der Waals surface area contributed by atoms with Crippen LogP contribution in [-0.2, 0) is 0 Å². The van der Waals surface area contributed by atoms with Crippen molar-refractivity contribution in [2.75, 3.05) is 10.2 Å². The number of nitrogens with one attached hydrogen (secondary N) is 1. The molecule has 1 atom stereocenters. The molecule has 6 heterocycles. The fourth-order valence-corrected chi connectivity index (χ4v) is 8.65. The van der Waals surface area contributed by atoms with Gasteiger partial charge in [-0.15, -0.1) is 11.3 Å². The number of nitrogens with zero attached hydrogens (tertiary/aromatic N) is 5. The summed E-state index contributed by atoms with van der Waals surface area (Å²) in [6.07, 6.45) is 6.21. The number of anilines is 2. The van der Waals surface area contributed by atoms with Crippen LogP contribution in [0.5, 0.6) is 5.06 Å². The minimum Gasteiger partial charge on any atom is -0.436 e. The SMILES string of the molecule is C1=C(Oc2cn3c(nc4ccc(-c5cccc(-c6ccc7nc8sccn8c7c6)c5)cc43)s2)SC2Nc3ccccc3N12.